The smallest absolute Gasteiger partial charge is 0.212 e. The molecule has 0 bridgehead atoms. The number of nitrogens with zero attached hydrogens (tertiary/aromatic N) is 3. The summed E-state index contributed by atoms with van der Waals surface area (Å²) in [7, 11) is 0. The molecule has 4 aromatic rings. The highest BCUT2D eigenvalue weighted by Crippen LogP contribution is 2.36. The molecule has 3 heterocycles. The molecule has 2 aromatic carbocycles. The average Bonchev–Trinajstić information content (AvgIpc) is 3.26. The summed E-state index contributed by atoms with van der Waals surface area (Å²) < 4.78 is 8.06. The number of halogens is 1. The van der Waals surface area contributed by atoms with Gasteiger partial charge in [-0.3, -0.25) is 9.88 Å². The Morgan fingerprint density at radius 3 is 2.73 bits per heavy atom. The molecule has 1 aliphatic rings. The third-order valence-corrected chi connectivity index (χ3v) is 4.69. The number of fused-ring (bicyclic) bond motifs is 3. The van der Waals surface area contributed by atoms with Crippen molar-refractivity contribution in [2.45, 2.75) is 6.17 Å². The zero-order valence-electron chi connectivity index (χ0n) is 13.6. The van der Waals surface area contributed by atoms with E-state index in [0.29, 0.717) is 28.5 Å². The van der Waals surface area contributed by atoms with E-state index in [1.165, 1.54) is 0 Å². The molecule has 0 saturated carbocycles. The van der Waals surface area contributed by atoms with Crippen LogP contribution in [0.1, 0.15) is 11.9 Å². The zero-order valence-corrected chi connectivity index (χ0v) is 14.3. The quantitative estimate of drug-likeness (QED) is 0.558. The standard InChI is InChI=1S/C19H14ClN5O/c20-12-6-2-1-5-11(12)15-9-10-16(26-15)17-23-18(21)24-19-22-13-7-3-4-8-14(13)25(17)19/h1-10,17H,(H3,21,22,23,24)/t17-/m0/s1. The maximum absolute atomic E-state index is 6.29. The molecule has 3 N–H and O–H groups in total. The molecule has 128 valence electrons. The fourth-order valence-electron chi connectivity index (χ4n) is 3.20. The number of guanidine groups is 1. The van der Waals surface area contributed by atoms with Gasteiger partial charge in [0.05, 0.1) is 16.1 Å². The summed E-state index contributed by atoms with van der Waals surface area (Å²) in [6, 6.07) is 19.2. The molecule has 1 atom stereocenters. The molecule has 0 aliphatic carbocycles. The number of benzene rings is 2. The van der Waals surface area contributed by atoms with Crippen LogP contribution in [0.3, 0.4) is 0 Å². The molecule has 0 amide bonds. The largest absolute Gasteiger partial charge is 0.457 e. The molecule has 0 fully saturated rings. The number of rotatable bonds is 2. The van der Waals surface area contributed by atoms with Gasteiger partial charge in [0.15, 0.2) is 12.1 Å². The van der Waals surface area contributed by atoms with Crippen molar-refractivity contribution < 1.29 is 4.42 Å². The van der Waals surface area contributed by atoms with Gasteiger partial charge in [0.2, 0.25) is 5.95 Å². The predicted molar refractivity (Wildman–Crippen MR) is 102 cm³/mol. The zero-order chi connectivity index (χ0) is 17.7. The number of para-hydroxylation sites is 2. The first-order valence-electron chi connectivity index (χ1n) is 8.12. The van der Waals surface area contributed by atoms with Crippen LogP contribution in [0.4, 0.5) is 5.95 Å². The van der Waals surface area contributed by atoms with Crippen molar-refractivity contribution in [3.8, 4) is 11.3 Å². The van der Waals surface area contributed by atoms with Gasteiger partial charge in [-0.25, -0.2) is 9.98 Å². The Hall–Kier alpha value is -3.25. The first-order chi connectivity index (χ1) is 12.7. The first-order valence-corrected chi connectivity index (χ1v) is 8.50. The van der Waals surface area contributed by atoms with Crippen molar-refractivity contribution in [2.75, 3.05) is 5.32 Å². The Morgan fingerprint density at radius 2 is 1.85 bits per heavy atom. The van der Waals surface area contributed by atoms with E-state index in [4.69, 9.17) is 21.8 Å². The SMILES string of the molecule is NC1=N[C@H](c2ccc(-c3ccccc3Cl)o2)n2c(nc3ccccc32)N1. The molecule has 26 heavy (non-hydrogen) atoms. The second-order valence-corrected chi connectivity index (χ2v) is 6.40. The monoisotopic (exact) mass is 363 g/mol. The molecular weight excluding hydrogens is 350 g/mol. The molecule has 2 aromatic heterocycles. The lowest BCUT2D eigenvalue weighted by Gasteiger charge is -2.21. The van der Waals surface area contributed by atoms with Crippen LogP contribution in [0.15, 0.2) is 70.1 Å². The molecule has 0 spiro atoms. The van der Waals surface area contributed by atoms with E-state index in [-0.39, 0.29) is 0 Å². The van der Waals surface area contributed by atoms with E-state index in [2.05, 4.69) is 15.3 Å². The van der Waals surface area contributed by atoms with Crippen molar-refractivity contribution in [3.63, 3.8) is 0 Å². The van der Waals surface area contributed by atoms with Crippen LogP contribution in [0.25, 0.3) is 22.4 Å². The fourth-order valence-corrected chi connectivity index (χ4v) is 3.43. The van der Waals surface area contributed by atoms with Crippen LogP contribution in [0.5, 0.6) is 0 Å². The molecule has 1 aliphatic heterocycles. The lowest BCUT2D eigenvalue weighted by molar-refractivity contribution is 0.449. The molecule has 0 saturated heterocycles. The first kappa shape index (κ1) is 15.0. The van der Waals surface area contributed by atoms with Crippen molar-refractivity contribution in [3.05, 3.63) is 71.4 Å². The molecule has 0 unspecified atom stereocenters. The van der Waals surface area contributed by atoms with Gasteiger partial charge in [0, 0.05) is 5.56 Å². The van der Waals surface area contributed by atoms with E-state index >= 15 is 0 Å². The van der Waals surface area contributed by atoms with Crippen LogP contribution < -0.4 is 11.1 Å². The Morgan fingerprint density at radius 1 is 1.04 bits per heavy atom. The highest BCUT2D eigenvalue weighted by molar-refractivity contribution is 6.33. The average molecular weight is 364 g/mol. The number of aromatic nitrogens is 2. The van der Waals surface area contributed by atoms with E-state index < -0.39 is 6.17 Å². The van der Waals surface area contributed by atoms with Gasteiger partial charge in [-0.2, -0.15) is 0 Å². The summed E-state index contributed by atoms with van der Waals surface area (Å²) in [6.07, 6.45) is -0.435. The number of nitrogens with one attached hydrogen (secondary N) is 1. The maximum Gasteiger partial charge on any atom is 0.212 e. The van der Waals surface area contributed by atoms with Crippen LogP contribution >= 0.6 is 11.6 Å². The summed E-state index contributed by atoms with van der Waals surface area (Å²) in [5.74, 6) is 2.28. The van der Waals surface area contributed by atoms with Crippen LogP contribution in [0, 0.1) is 0 Å². The minimum atomic E-state index is -0.435. The Kier molecular flexibility index (Phi) is 3.26. The van der Waals surface area contributed by atoms with Crippen LogP contribution in [-0.2, 0) is 0 Å². The van der Waals surface area contributed by atoms with Gasteiger partial charge in [0.25, 0.3) is 0 Å². The lowest BCUT2D eigenvalue weighted by atomic mass is 10.2. The second kappa shape index (κ2) is 5.64. The number of hydrogen-bond donors (Lipinski definition) is 2. The third-order valence-electron chi connectivity index (χ3n) is 4.36. The Labute approximate surface area is 153 Å². The fraction of sp³-hybridized carbons (Fsp3) is 0.0526. The van der Waals surface area contributed by atoms with Crippen molar-refractivity contribution in [1.29, 1.82) is 0 Å². The Balaban J connectivity index is 1.65. The van der Waals surface area contributed by atoms with Crippen molar-refractivity contribution >= 4 is 34.5 Å². The normalized spacial score (nSPS) is 16.2. The Bertz CT molecular complexity index is 1160. The van der Waals surface area contributed by atoms with Crippen molar-refractivity contribution in [2.24, 2.45) is 10.7 Å². The summed E-state index contributed by atoms with van der Waals surface area (Å²) >= 11 is 6.29. The van der Waals surface area contributed by atoms with E-state index in [9.17, 15) is 0 Å². The highest BCUT2D eigenvalue weighted by atomic mass is 35.5. The molecule has 6 nitrogen and oxygen atoms in total. The highest BCUT2D eigenvalue weighted by Gasteiger charge is 2.27. The molecular formula is C19H14ClN5O. The maximum atomic E-state index is 6.29. The van der Waals surface area contributed by atoms with Gasteiger partial charge < -0.3 is 10.2 Å². The van der Waals surface area contributed by atoms with E-state index in [1.807, 2.05) is 65.2 Å². The minimum Gasteiger partial charge on any atom is -0.457 e. The molecule has 0 radical (unpaired) electrons. The summed E-state index contributed by atoms with van der Waals surface area (Å²) in [5.41, 5.74) is 8.61. The summed E-state index contributed by atoms with van der Waals surface area (Å²) in [6.45, 7) is 0. The number of nitrogens with two attached hydrogens (primary N) is 1. The molecule has 5 rings (SSSR count). The third kappa shape index (κ3) is 2.27. The van der Waals surface area contributed by atoms with E-state index in [0.717, 1.165) is 16.6 Å². The van der Waals surface area contributed by atoms with Gasteiger partial charge in [0.1, 0.15) is 11.5 Å². The van der Waals surface area contributed by atoms with E-state index in [1.54, 1.807) is 0 Å². The van der Waals surface area contributed by atoms with Crippen LogP contribution in [-0.4, -0.2) is 15.5 Å². The van der Waals surface area contributed by atoms with Gasteiger partial charge in [-0.05, 0) is 36.4 Å². The van der Waals surface area contributed by atoms with Crippen LogP contribution in [0.2, 0.25) is 5.02 Å². The number of anilines is 1. The number of furan rings is 1. The van der Waals surface area contributed by atoms with Crippen molar-refractivity contribution in [1.82, 2.24) is 9.55 Å². The summed E-state index contributed by atoms with van der Waals surface area (Å²) in [4.78, 5) is 9.11. The van der Waals surface area contributed by atoms with Gasteiger partial charge in [-0.1, -0.05) is 35.9 Å². The summed E-state index contributed by atoms with van der Waals surface area (Å²) in [5, 5.41) is 3.65. The van der Waals surface area contributed by atoms with Gasteiger partial charge >= 0.3 is 0 Å². The second-order valence-electron chi connectivity index (χ2n) is 5.99. The lowest BCUT2D eigenvalue weighted by Crippen LogP contribution is -2.31. The molecule has 7 heteroatoms. The van der Waals surface area contributed by atoms with Gasteiger partial charge in [-0.15, -0.1) is 0 Å². The number of imidazole rings is 1. The number of hydrogen-bond acceptors (Lipinski definition) is 5. The topological polar surface area (TPSA) is 81.4 Å². The minimum absolute atomic E-state index is 0.300. The predicted octanol–water partition coefficient (Wildman–Crippen LogP) is 4.24. The number of aliphatic imine (C=N–C) groups is 1.